The fourth-order valence-electron chi connectivity index (χ4n) is 1.18. The second kappa shape index (κ2) is 4.18. The second-order valence-corrected chi connectivity index (χ2v) is 4.86. The molecule has 0 aliphatic carbocycles. The number of nitrogens with one attached hydrogen (secondary N) is 1. The minimum atomic E-state index is -5.54. The van der Waals surface area contributed by atoms with Crippen LogP contribution in [0, 0.1) is 5.92 Å². The van der Waals surface area contributed by atoms with Gasteiger partial charge in [-0.2, -0.15) is 13.2 Å². The average Bonchev–Trinajstić information content (AvgIpc) is 2.49. The van der Waals surface area contributed by atoms with E-state index in [9.17, 15) is 26.4 Å². The summed E-state index contributed by atoms with van der Waals surface area (Å²) in [6, 6.07) is -1.40. The molecule has 1 heterocycles. The molecular formula is C6H8F3NO5S. The third-order valence-corrected chi connectivity index (χ3v) is 3.23. The van der Waals surface area contributed by atoms with Crippen molar-refractivity contribution < 1.29 is 36.2 Å². The van der Waals surface area contributed by atoms with E-state index in [1.165, 1.54) is 4.72 Å². The van der Waals surface area contributed by atoms with Gasteiger partial charge in [0.1, 0.15) is 0 Å². The second-order valence-electron chi connectivity index (χ2n) is 3.16. The highest BCUT2D eigenvalue weighted by Gasteiger charge is 2.49. The Balaban J connectivity index is 2.79. The molecule has 1 aliphatic rings. The van der Waals surface area contributed by atoms with E-state index < -0.39 is 40.1 Å². The van der Waals surface area contributed by atoms with Crippen LogP contribution in [-0.4, -0.2) is 44.3 Å². The molecule has 0 spiro atoms. The Kier molecular flexibility index (Phi) is 3.45. The summed E-state index contributed by atoms with van der Waals surface area (Å²) in [6.45, 7) is -0.716. The summed E-state index contributed by atoms with van der Waals surface area (Å²) in [6.07, 6.45) is 0. The Bertz CT molecular complexity index is 378. The van der Waals surface area contributed by atoms with Crippen LogP contribution in [-0.2, 0) is 19.6 Å². The van der Waals surface area contributed by atoms with Crippen LogP contribution in [0.4, 0.5) is 13.2 Å². The SMILES string of the molecule is O=C(O)C1COCC1NS(=O)(=O)C(F)(F)F. The highest BCUT2D eigenvalue weighted by atomic mass is 32.2. The van der Waals surface area contributed by atoms with Gasteiger partial charge in [-0.05, 0) is 0 Å². The zero-order valence-corrected chi connectivity index (χ0v) is 8.51. The van der Waals surface area contributed by atoms with Gasteiger partial charge in [-0.1, -0.05) is 0 Å². The summed E-state index contributed by atoms with van der Waals surface area (Å²) in [7, 11) is -5.54. The monoisotopic (exact) mass is 263 g/mol. The molecule has 10 heteroatoms. The Morgan fingerprint density at radius 1 is 1.38 bits per heavy atom. The van der Waals surface area contributed by atoms with Crippen LogP contribution in [0.5, 0.6) is 0 Å². The van der Waals surface area contributed by atoms with Gasteiger partial charge in [0.05, 0.1) is 25.2 Å². The molecule has 1 saturated heterocycles. The summed E-state index contributed by atoms with van der Waals surface area (Å²) >= 11 is 0. The lowest BCUT2D eigenvalue weighted by molar-refractivity contribution is -0.142. The first-order valence-corrected chi connectivity index (χ1v) is 5.52. The molecule has 94 valence electrons. The maximum absolute atomic E-state index is 12.0. The number of carboxylic acid groups (broad SMARTS) is 1. The normalized spacial score (nSPS) is 26.9. The first-order valence-electron chi connectivity index (χ1n) is 4.04. The first kappa shape index (κ1) is 13.2. The van der Waals surface area contributed by atoms with Crippen molar-refractivity contribution in [3.8, 4) is 0 Å². The molecule has 2 atom stereocenters. The number of aliphatic carboxylic acids is 1. The van der Waals surface area contributed by atoms with Gasteiger partial charge in [0.2, 0.25) is 0 Å². The van der Waals surface area contributed by atoms with Gasteiger partial charge in [0.15, 0.2) is 0 Å². The molecule has 1 aliphatic heterocycles. The fourth-order valence-corrected chi connectivity index (χ4v) is 1.94. The molecular weight excluding hydrogens is 255 g/mol. The molecule has 2 N–H and O–H groups in total. The van der Waals surface area contributed by atoms with E-state index in [0.29, 0.717) is 0 Å². The van der Waals surface area contributed by atoms with Gasteiger partial charge in [0.25, 0.3) is 0 Å². The van der Waals surface area contributed by atoms with Crippen LogP contribution >= 0.6 is 0 Å². The van der Waals surface area contributed by atoms with Crippen LogP contribution in [0.25, 0.3) is 0 Å². The van der Waals surface area contributed by atoms with Crippen LogP contribution < -0.4 is 4.72 Å². The predicted molar refractivity (Wildman–Crippen MR) is 43.8 cm³/mol. The van der Waals surface area contributed by atoms with Crippen molar-refractivity contribution in [1.29, 1.82) is 0 Å². The van der Waals surface area contributed by atoms with Gasteiger partial charge >= 0.3 is 21.5 Å². The van der Waals surface area contributed by atoms with E-state index in [1.807, 2.05) is 0 Å². The van der Waals surface area contributed by atoms with Crippen molar-refractivity contribution in [2.75, 3.05) is 13.2 Å². The highest BCUT2D eigenvalue weighted by molar-refractivity contribution is 7.90. The zero-order chi connectivity index (χ0) is 12.6. The van der Waals surface area contributed by atoms with Crippen LogP contribution in [0.2, 0.25) is 0 Å². The zero-order valence-electron chi connectivity index (χ0n) is 7.69. The number of carboxylic acids is 1. The van der Waals surface area contributed by atoms with Crippen molar-refractivity contribution in [2.24, 2.45) is 5.92 Å². The third-order valence-electron chi connectivity index (χ3n) is 2.01. The summed E-state index contributed by atoms with van der Waals surface area (Å²) in [4.78, 5) is 10.6. The minimum Gasteiger partial charge on any atom is -0.481 e. The lowest BCUT2D eigenvalue weighted by Gasteiger charge is -2.16. The van der Waals surface area contributed by atoms with Crippen LogP contribution in [0.15, 0.2) is 0 Å². The van der Waals surface area contributed by atoms with Crippen molar-refractivity contribution in [1.82, 2.24) is 4.72 Å². The lowest BCUT2D eigenvalue weighted by atomic mass is 10.1. The number of rotatable bonds is 3. The quantitative estimate of drug-likeness (QED) is 0.717. The Labute approximate surface area is 88.4 Å². The van der Waals surface area contributed by atoms with Gasteiger partial charge in [0, 0.05) is 0 Å². The van der Waals surface area contributed by atoms with E-state index in [2.05, 4.69) is 4.74 Å². The van der Waals surface area contributed by atoms with Gasteiger partial charge in [-0.25, -0.2) is 13.1 Å². The number of sulfonamides is 1. The molecule has 6 nitrogen and oxygen atoms in total. The highest BCUT2D eigenvalue weighted by Crippen LogP contribution is 2.24. The maximum atomic E-state index is 12.0. The van der Waals surface area contributed by atoms with E-state index in [1.54, 1.807) is 0 Å². The molecule has 0 aromatic carbocycles. The topological polar surface area (TPSA) is 92.7 Å². The molecule has 1 rings (SSSR count). The molecule has 0 radical (unpaired) electrons. The number of halogens is 3. The molecule has 2 unspecified atom stereocenters. The van der Waals surface area contributed by atoms with Gasteiger partial charge in [-0.15, -0.1) is 0 Å². The van der Waals surface area contributed by atoms with Crippen LogP contribution in [0.1, 0.15) is 0 Å². The summed E-state index contributed by atoms with van der Waals surface area (Å²) in [5.41, 5.74) is -5.46. The van der Waals surface area contributed by atoms with E-state index in [4.69, 9.17) is 5.11 Å². The largest absolute Gasteiger partial charge is 0.511 e. The number of hydrogen-bond donors (Lipinski definition) is 2. The number of carbonyl (C=O) groups is 1. The van der Waals surface area contributed by atoms with E-state index >= 15 is 0 Å². The van der Waals surface area contributed by atoms with Crippen LogP contribution in [0.3, 0.4) is 0 Å². The fraction of sp³-hybridized carbons (Fsp3) is 0.833. The molecule has 16 heavy (non-hydrogen) atoms. The first-order chi connectivity index (χ1) is 7.15. The summed E-state index contributed by atoms with van der Waals surface area (Å²) in [5, 5.41) is 8.59. The standard InChI is InChI=1S/C6H8F3NO5S/c7-6(8,9)16(13,14)10-4-2-15-1-3(4)5(11)12/h3-4,10H,1-2H2,(H,11,12). The average molecular weight is 263 g/mol. The van der Waals surface area contributed by atoms with Gasteiger partial charge in [-0.3, -0.25) is 4.79 Å². The molecule has 0 aromatic rings. The van der Waals surface area contributed by atoms with Crippen molar-refractivity contribution in [2.45, 2.75) is 11.6 Å². The van der Waals surface area contributed by atoms with E-state index in [-0.39, 0.29) is 6.61 Å². The third kappa shape index (κ3) is 2.62. The Morgan fingerprint density at radius 3 is 2.38 bits per heavy atom. The molecule has 0 aromatic heterocycles. The summed E-state index contributed by atoms with van der Waals surface area (Å²) < 4.78 is 63.2. The van der Waals surface area contributed by atoms with Crippen molar-refractivity contribution >= 4 is 16.0 Å². The number of hydrogen-bond acceptors (Lipinski definition) is 4. The minimum absolute atomic E-state index is 0.319. The smallest absolute Gasteiger partial charge is 0.481 e. The Morgan fingerprint density at radius 2 is 1.94 bits per heavy atom. The molecule has 0 bridgehead atoms. The van der Waals surface area contributed by atoms with E-state index in [0.717, 1.165) is 0 Å². The molecule has 1 fully saturated rings. The van der Waals surface area contributed by atoms with Gasteiger partial charge < -0.3 is 9.84 Å². The lowest BCUT2D eigenvalue weighted by Crippen LogP contribution is -2.47. The maximum Gasteiger partial charge on any atom is 0.511 e. The molecule has 0 amide bonds. The van der Waals surface area contributed by atoms with Crippen molar-refractivity contribution in [3.63, 3.8) is 0 Å². The number of alkyl halides is 3. The van der Waals surface area contributed by atoms with Crippen molar-refractivity contribution in [3.05, 3.63) is 0 Å². The number of ether oxygens (including phenoxy) is 1. The molecule has 0 saturated carbocycles. The predicted octanol–water partition coefficient (Wildman–Crippen LogP) is -0.475. The Hall–Kier alpha value is -0.870. The summed E-state index contributed by atoms with van der Waals surface area (Å²) in [5.74, 6) is -2.72.